The molecule has 0 radical (unpaired) electrons. The first-order valence-electron chi connectivity index (χ1n) is 8.02. The van der Waals surface area contributed by atoms with Gasteiger partial charge in [-0.05, 0) is 41.5 Å². The van der Waals surface area contributed by atoms with Crippen molar-refractivity contribution in [2.24, 2.45) is 5.73 Å². The maximum atomic E-state index is 13.4. The van der Waals surface area contributed by atoms with Crippen LogP contribution >= 0.6 is 11.3 Å². The molecule has 0 spiro atoms. The summed E-state index contributed by atoms with van der Waals surface area (Å²) in [6.07, 6.45) is 0. The van der Waals surface area contributed by atoms with Crippen molar-refractivity contribution in [2.45, 2.75) is 78.8 Å². The molecule has 2 aromatic heterocycles. The average molecular weight is 336 g/mol. The van der Waals surface area contributed by atoms with Crippen LogP contribution in [-0.2, 0) is 16.5 Å². The molecule has 0 aromatic carbocycles. The summed E-state index contributed by atoms with van der Waals surface area (Å²) in [5.41, 5.74) is 6.17. The molecule has 0 fully saturated rings. The molecule has 0 amide bonds. The Morgan fingerprint density at radius 2 is 1.57 bits per heavy atom. The van der Waals surface area contributed by atoms with E-state index in [-0.39, 0.29) is 16.5 Å². The Kier molecular flexibility index (Phi) is 4.06. The van der Waals surface area contributed by atoms with E-state index < -0.39 is 5.54 Å². The van der Waals surface area contributed by atoms with Gasteiger partial charge in [-0.1, -0.05) is 20.8 Å². The zero-order valence-corrected chi connectivity index (χ0v) is 16.6. The highest BCUT2D eigenvalue weighted by Gasteiger charge is 2.32. The standard InChI is InChI=1S/C18H29N3OS/c1-10-12(18(8,9)19)11-13(23-10)20-15(16(2,3)4)21(14(11)22)17(5,6)7/h19H2,1-9H3. The molecule has 0 unspecified atom stereocenters. The second kappa shape index (κ2) is 5.15. The summed E-state index contributed by atoms with van der Waals surface area (Å²) in [6.45, 7) is 18.3. The van der Waals surface area contributed by atoms with Gasteiger partial charge in [0.05, 0.1) is 5.39 Å². The van der Waals surface area contributed by atoms with Crippen molar-refractivity contribution in [3.05, 3.63) is 26.6 Å². The minimum atomic E-state index is -0.567. The van der Waals surface area contributed by atoms with E-state index in [1.54, 1.807) is 11.3 Å². The molecule has 4 nitrogen and oxygen atoms in total. The molecule has 0 saturated heterocycles. The third-order valence-electron chi connectivity index (χ3n) is 3.89. The fraction of sp³-hybridized carbons (Fsp3) is 0.667. The summed E-state index contributed by atoms with van der Waals surface area (Å²) >= 11 is 1.56. The number of thiophene rings is 1. The van der Waals surface area contributed by atoms with Gasteiger partial charge in [0.25, 0.3) is 5.56 Å². The first-order chi connectivity index (χ1) is 10.2. The number of nitrogens with two attached hydrogens (primary N) is 1. The van der Waals surface area contributed by atoms with Gasteiger partial charge in [-0.15, -0.1) is 11.3 Å². The predicted octanol–water partition coefficient (Wildman–Crippen LogP) is 4.01. The molecule has 5 heteroatoms. The number of aryl methyl sites for hydroxylation is 1. The Hall–Kier alpha value is -1.20. The van der Waals surface area contributed by atoms with Crippen LogP contribution in [0.1, 0.15) is 71.7 Å². The first kappa shape index (κ1) is 18.1. The van der Waals surface area contributed by atoms with Gasteiger partial charge in [-0.3, -0.25) is 9.36 Å². The summed E-state index contributed by atoms with van der Waals surface area (Å²) < 4.78 is 1.84. The highest BCUT2D eigenvalue weighted by atomic mass is 32.1. The fourth-order valence-corrected chi connectivity index (χ4v) is 4.24. The molecule has 2 N–H and O–H groups in total. The zero-order valence-electron chi connectivity index (χ0n) is 15.8. The Morgan fingerprint density at radius 3 is 1.96 bits per heavy atom. The highest BCUT2D eigenvalue weighted by molar-refractivity contribution is 7.18. The number of nitrogens with zero attached hydrogens (tertiary/aromatic N) is 2. The van der Waals surface area contributed by atoms with Crippen molar-refractivity contribution in [1.82, 2.24) is 9.55 Å². The third-order valence-corrected chi connectivity index (χ3v) is 4.89. The lowest BCUT2D eigenvalue weighted by Crippen LogP contribution is -2.41. The topological polar surface area (TPSA) is 60.9 Å². The second-order valence-electron chi connectivity index (χ2n) is 8.93. The van der Waals surface area contributed by atoms with Crippen molar-refractivity contribution >= 4 is 21.6 Å². The number of fused-ring (bicyclic) bond motifs is 1. The van der Waals surface area contributed by atoms with Crippen LogP contribution in [0.25, 0.3) is 10.2 Å². The van der Waals surface area contributed by atoms with Crippen molar-refractivity contribution in [2.75, 3.05) is 0 Å². The van der Waals surface area contributed by atoms with Crippen LogP contribution in [0.3, 0.4) is 0 Å². The molecule has 0 atom stereocenters. The fourth-order valence-electron chi connectivity index (χ4n) is 3.06. The normalized spacial score (nSPS) is 13.8. The maximum absolute atomic E-state index is 13.4. The van der Waals surface area contributed by atoms with Crippen LogP contribution in [-0.4, -0.2) is 9.55 Å². The summed E-state index contributed by atoms with van der Waals surface area (Å²) in [7, 11) is 0. The van der Waals surface area contributed by atoms with Gasteiger partial charge in [0.2, 0.25) is 0 Å². The quantitative estimate of drug-likeness (QED) is 0.856. The van der Waals surface area contributed by atoms with Crippen LogP contribution in [0.2, 0.25) is 0 Å². The highest BCUT2D eigenvalue weighted by Crippen LogP contribution is 2.36. The van der Waals surface area contributed by atoms with E-state index in [0.29, 0.717) is 5.39 Å². The van der Waals surface area contributed by atoms with Crippen LogP contribution in [0, 0.1) is 6.92 Å². The number of hydrogen-bond donors (Lipinski definition) is 1. The van der Waals surface area contributed by atoms with Crippen LogP contribution < -0.4 is 11.3 Å². The molecule has 0 aliphatic carbocycles. The lowest BCUT2D eigenvalue weighted by Gasteiger charge is -2.31. The lowest BCUT2D eigenvalue weighted by molar-refractivity contribution is 0.338. The Morgan fingerprint density at radius 1 is 1.04 bits per heavy atom. The average Bonchev–Trinajstić information content (AvgIpc) is 2.61. The molecule has 2 rings (SSSR count). The molecule has 128 valence electrons. The van der Waals surface area contributed by atoms with Gasteiger partial charge < -0.3 is 5.73 Å². The zero-order chi connectivity index (χ0) is 18.0. The molecule has 2 aromatic rings. The summed E-state index contributed by atoms with van der Waals surface area (Å²) in [5.74, 6) is 0.824. The van der Waals surface area contributed by atoms with E-state index in [1.807, 2.05) is 46.1 Å². The first-order valence-corrected chi connectivity index (χ1v) is 8.84. The molecule has 2 heterocycles. The summed E-state index contributed by atoms with van der Waals surface area (Å²) in [5, 5.41) is 0.683. The van der Waals surface area contributed by atoms with Gasteiger partial charge in [0.15, 0.2) is 0 Å². The number of aromatic nitrogens is 2. The van der Waals surface area contributed by atoms with Crippen LogP contribution in [0.4, 0.5) is 0 Å². The molecule has 0 bridgehead atoms. The van der Waals surface area contributed by atoms with Crippen LogP contribution in [0.15, 0.2) is 4.79 Å². The molecule has 0 aliphatic rings. The van der Waals surface area contributed by atoms with Crippen molar-refractivity contribution in [3.63, 3.8) is 0 Å². The second-order valence-corrected chi connectivity index (χ2v) is 10.1. The SMILES string of the molecule is Cc1sc2nc(C(C)(C)C)n(C(C)(C)C)c(=O)c2c1C(C)(C)N. The van der Waals surface area contributed by atoms with Gasteiger partial charge in [0, 0.05) is 26.9 Å². The van der Waals surface area contributed by atoms with E-state index in [0.717, 1.165) is 21.1 Å². The Labute approximate surface area is 142 Å². The van der Waals surface area contributed by atoms with E-state index in [1.165, 1.54) is 0 Å². The summed E-state index contributed by atoms with van der Waals surface area (Å²) in [4.78, 5) is 20.2. The van der Waals surface area contributed by atoms with Gasteiger partial charge >= 0.3 is 0 Å². The smallest absolute Gasteiger partial charge is 0.263 e. The minimum absolute atomic E-state index is 0.0188. The van der Waals surface area contributed by atoms with E-state index in [9.17, 15) is 4.79 Å². The van der Waals surface area contributed by atoms with Crippen molar-refractivity contribution in [3.8, 4) is 0 Å². The number of rotatable bonds is 1. The van der Waals surface area contributed by atoms with E-state index in [4.69, 9.17) is 10.7 Å². The minimum Gasteiger partial charge on any atom is -0.322 e. The van der Waals surface area contributed by atoms with E-state index >= 15 is 0 Å². The summed E-state index contributed by atoms with van der Waals surface area (Å²) in [6, 6.07) is 0. The molecule has 0 aliphatic heterocycles. The van der Waals surface area contributed by atoms with Gasteiger partial charge in [-0.2, -0.15) is 0 Å². The Bertz CT molecular complexity index is 808. The molecular formula is C18H29N3OS. The van der Waals surface area contributed by atoms with E-state index in [2.05, 4.69) is 20.8 Å². The molecular weight excluding hydrogens is 306 g/mol. The number of hydrogen-bond acceptors (Lipinski definition) is 4. The van der Waals surface area contributed by atoms with Crippen molar-refractivity contribution < 1.29 is 0 Å². The molecule has 23 heavy (non-hydrogen) atoms. The lowest BCUT2D eigenvalue weighted by atomic mass is 9.91. The monoisotopic (exact) mass is 335 g/mol. The third kappa shape index (κ3) is 3.09. The van der Waals surface area contributed by atoms with Crippen molar-refractivity contribution in [1.29, 1.82) is 0 Å². The predicted molar refractivity (Wildman–Crippen MR) is 99.5 cm³/mol. The maximum Gasteiger partial charge on any atom is 0.263 e. The molecule has 0 saturated carbocycles. The van der Waals surface area contributed by atoms with Gasteiger partial charge in [-0.25, -0.2) is 4.98 Å². The van der Waals surface area contributed by atoms with Gasteiger partial charge in [0.1, 0.15) is 10.7 Å². The largest absolute Gasteiger partial charge is 0.322 e. The van der Waals surface area contributed by atoms with Crippen LogP contribution in [0.5, 0.6) is 0 Å². The Balaban J connectivity index is 3.08.